The van der Waals surface area contributed by atoms with Gasteiger partial charge in [-0.05, 0) is 30.9 Å². The summed E-state index contributed by atoms with van der Waals surface area (Å²) in [6.45, 7) is 42.9. The molecule has 0 nitrogen and oxygen atoms in total. The summed E-state index contributed by atoms with van der Waals surface area (Å²) in [4.78, 5) is 0. The third-order valence-electron chi connectivity index (χ3n) is 4.02. The molecule has 0 saturated heterocycles. The molecule has 0 aromatic carbocycles. The van der Waals surface area contributed by atoms with Crippen LogP contribution in [0.3, 0.4) is 0 Å². The fourth-order valence-electron chi connectivity index (χ4n) is 6.04. The Morgan fingerprint density at radius 1 is 0.259 bits per heavy atom. The molecule has 170 valence electrons. The molecule has 0 aromatic rings. The third-order valence-corrected chi connectivity index (χ3v) is 12.1. The normalized spacial score (nSPS) is 14.7. The molecular weight excluding hydrogens is 409 g/mol. The SMILES string of the molecule is CC(C)(C)P(C(C)(C)C)C(C)(C)C.CC(C)(C)P(C(C)(C)C)C(C)(C)C.[Ni]. The van der Waals surface area contributed by atoms with Crippen LogP contribution >= 0.6 is 15.8 Å². The van der Waals surface area contributed by atoms with Gasteiger partial charge in [0.15, 0.2) is 0 Å². The van der Waals surface area contributed by atoms with Crippen LogP contribution in [0.25, 0.3) is 0 Å². The smallest absolute Gasteiger partial charge is 0 e. The van der Waals surface area contributed by atoms with Gasteiger partial charge in [0.2, 0.25) is 0 Å². The molecule has 0 fully saturated rings. The van der Waals surface area contributed by atoms with Crippen LogP contribution < -0.4 is 0 Å². The summed E-state index contributed by atoms with van der Waals surface area (Å²) in [7, 11) is 0.0324. The van der Waals surface area contributed by atoms with Crippen LogP contribution in [0.15, 0.2) is 0 Å². The minimum absolute atomic E-state index is 0. The Morgan fingerprint density at radius 2 is 0.333 bits per heavy atom. The van der Waals surface area contributed by atoms with Crippen molar-refractivity contribution >= 4 is 15.8 Å². The zero-order valence-corrected chi connectivity index (χ0v) is 25.0. The van der Waals surface area contributed by atoms with Crippen LogP contribution in [0, 0.1) is 0 Å². The van der Waals surface area contributed by atoms with Crippen molar-refractivity contribution in [3.63, 3.8) is 0 Å². The molecule has 0 spiro atoms. The van der Waals surface area contributed by atoms with Gasteiger partial charge >= 0.3 is 0 Å². The van der Waals surface area contributed by atoms with Gasteiger partial charge in [0.25, 0.3) is 0 Å². The fraction of sp³-hybridized carbons (Fsp3) is 1.00. The molecule has 0 aliphatic rings. The molecule has 0 unspecified atom stereocenters. The summed E-state index contributed by atoms with van der Waals surface area (Å²) < 4.78 is 0. The number of rotatable bonds is 0. The van der Waals surface area contributed by atoms with Crippen molar-refractivity contribution < 1.29 is 16.5 Å². The van der Waals surface area contributed by atoms with Crippen molar-refractivity contribution in [1.82, 2.24) is 0 Å². The van der Waals surface area contributed by atoms with E-state index in [4.69, 9.17) is 0 Å². The van der Waals surface area contributed by atoms with E-state index in [-0.39, 0.29) is 32.3 Å². The predicted molar refractivity (Wildman–Crippen MR) is 132 cm³/mol. The first-order valence-corrected chi connectivity index (χ1v) is 13.0. The van der Waals surface area contributed by atoms with Crippen molar-refractivity contribution in [3.8, 4) is 0 Å². The fourth-order valence-corrected chi connectivity index (χ4v) is 18.1. The summed E-state index contributed by atoms with van der Waals surface area (Å²) in [5.41, 5.74) is 0. The molecule has 0 N–H and O–H groups in total. The molecule has 27 heavy (non-hydrogen) atoms. The largest absolute Gasteiger partial charge is 0.0901 e. The zero-order valence-electron chi connectivity index (χ0n) is 22.2. The van der Waals surface area contributed by atoms with Crippen LogP contribution in [0.2, 0.25) is 0 Å². The monoisotopic (exact) mass is 462 g/mol. The van der Waals surface area contributed by atoms with Crippen LogP contribution in [0.1, 0.15) is 125 Å². The van der Waals surface area contributed by atoms with E-state index in [1.54, 1.807) is 0 Å². The zero-order chi connectivity index (χ0) is 22.2. The molecule has 0 aromatic heterocycles. The Morgan fingerprint density at radius 3 is 0.333 bits per heavy atom. The van der Waals surface area contributed by atoms with Crippen molar-refractivity contribution in [2.75, 3.05) is 0 Å². The van der Waals surface area contributed by atoms with E-state index in [0.29, 0.717) is 30.9 Å². The Labute approximate surface area is 187 Å². The van der Waals surface area contributed by atoms with Gasteiger partial charge in [-0.1, -0.05) is 140 Å². The molecule has 0 amide bonds. The van der Waals surface area contributed by atoms with Crippen LogP contribution in [-0.4, -0.2) is 30.9 Å². The third kappa shape index (κ3) is 12.6. The average molecular weight is 463 g/mol. The Bertz CT molecular complexity index is 304. The van der Waals surface area contributed by atoms with E-state index < -0.39 is 0 Å². The average Bonchev–Trinajstić information content (AvgIpc) is 1.97. The van der Waals surface area contributed by atoms with Crippen LogP contribution in [0.4, 0.5) is 0 Å². The van der Waals surface area contributed by atoms with Gasteiger partial charge in [-0.3, -0.25) is 0 Å². The topological polar surface area (TPSA) is 0 Å². The summed E-state index contributed by atoms with van der Waals surface area (Å²) in [6, 6.07) is 0. The second-order valence-electron chi connectivity index (χ2n) is 13.7. The van der Waals surface area contributed by atoms with Gasteiger partial charge in [-0.15, -0.1) is 0 Å². The predicted octanol–water partition coefficient (Wildman–Crippen LogP) is 9.73. The van der Waals surface area contributed by atoms with Crippen LogP contribution in [0.5, 0.6) is 0 Å². The van der Waals surface area contributed by atoms with E-state index in [1.165, 1.54) is 0 Å². The first kappa shape index (κ1) is 33.0. The molecule has 0 aliphatic carbocycles. The number of hydrogen-bond acceptors (Lipinski definition) is 0. The molecule has 3 heteroatoms. The van der Waals surface area contributed by atoms with Crippen LogP contribution in [-0.2, 0) is 16.5 Å². The second kappa shape index (κ2) is 10.1. The Kier molecular flexibility index (Phi) is 12.4. The Balaban J connectivity index is -0.000000411. The molecule has 0 radical (unpaired) electrons. The minimum Gasteiger partial charge on any atom is -0.0901 e. The molecule has 0 bridgehead atoms. The van der Waals surface area contributed by atoms with Gasteiger partial charge in [0.1, 0.15) is 0 Å². The summed E-state index contributed by atoms with van der Waals surface area (Å²) in [5, 5.41) is 2.70. The molecule has 0 rings (SSSR count). The summed E-state index contributed by atoms with van der Waals surface area (Å²) in [6.07, 6.45) is 0. The maximum absolute atomic E-state index is 2.38. The van der Waals surface area contributed by atoms with Crippen molar-refractivity contribution in [2.45, 2.75) is 156 Å². The summed E-state index contributed by atoms with van der Waals surface area (Å²) in [5.74, 6) is 0. The second-order valence-corrected chi connectivity index (χ2v) is 23.1. The molecule has 0 atom stereocenters. The van der Waals surface area contributed by atoms with E-state index >= 15 is 0 Å². The van der Waals surface area contributed by atoms with Gasteiger partial charge in [-0.25, -0.2) is 0 Å². The Hall–Kier alpha value is 1.35. The van der Waals surface area contributed by atoms with Crippen molar-refractivity contribution in [3.05, 3.63) is 0 Å². The van der Waals surface area contributed by atoms with E-state index in [9.17, 15) is 0 Å². The van der Waals surface area contributed by atoms with Gasteiger partial charge in [-0.2, -0.15) is 0 Å². The maximum Gasteiger partial charge on any atom is 0 e. The molecular formula is C24H54NiP2. The quantitative estimate of drug-likeness (QED) is 0.248. The van der Waals surface area contributed by atoms with E-state index in [1.807, 2.05) is 0 Å². The maximum atomic E-state index is 2.38. The standard InChI is InChI=1S/2C12H27P.Ni/c2*1-10(2,3)13(11(4,5)6)12(7,8)9;/h2*1-9H3;. The minimum atomic E-state index is 0. The van der Waals surface area contributed by atoms with Crippen molar-refractivity contribution in [2.24, 2.45) is 0 Å². The van der Waals surface area contributed by atoms with Crippen molar-refractivity contribution in [1.29, 1.82) is 0 Å². The summed E-state index contributed by atoms with van der Waals surface area (Å²) >= 11 is 0. The van der Waals surface area contributed by atoms with Gasteiger partial charge in [0.05, 0.1) is 0 Å². The van der Waals surface area contributed by atoms with Gasteiger partial charge in [0, 0.05) is 16.5 Å². The number of hydrogen-bond donors (Lipinski definition) is 0. The first-order chi connectivity index (χ1) is 10.7. The molecule has 0 aliphatic heterocycles. The molecule has 0 heterocycles. The molecule has 0 saturated carbocycles. The van der Waals surface area contributed by atoms with E-state index in [0.717, 1.165) is 0 Å². The first-order valence-electron chi connectivity index (χ1n) is 10.3. The van der Waals surface area contributed by atoms with Gasteiger partial charge < -0.3 is 0 Å². The van der Waals surface area contributed by atoms with E-state index in [2.05, 4.69) is 125 Å².